The summed E-state index contributed by atoms with van der Waals surface area (Å²) in [5, 5.41) is 0.517. The van der Waals surface area contributed by atoms with Gasteiger partial charge in [0.2, 0.25) is 0 Å². The van der Waals surface area contributed by atoms with Crippen LogP contribution in [-0.4, -0.2) is 19.1 Å². The van der Waals surface area contributed by atoms with E-state index >= 15 is 0 Å². The molecule has 0 aliphatic heterocycles. The van der Waals surface area contributed by atoms with E-state index in [1.54, 1.807) is 24.3 Å². The van der Waals surface area contributed by atoms with E-state index in [0.29, 0.717) is 10.7 Å². The predicted octanol–water partition coefficient (Wildman–Crippen LogP) is 2.48. The third-order valence-electron chi connectivity index (χ3n) is 2.51. The van der Waals surface area contributed by atoms with Gasteiger partial charge in [0.15, 0.2) is 5.78 Å². The minimum atomic E-state index is -0.728. The van der Waals surface area contributed by atoms with Crippen LogP contribution in [0.2, 0.25) is 5.02 Å². The van der Waals surface area contributed by atoms with Gasteiger partial charge in [-0.25, -0.2) is 4.79 Å². The van der Waals surface area contributed by atoms with Gasteiger partial charge in [-0.05, 0) is 24.3 Å². The van der Waals surface area contributed by atoms with Gasteiger partial charge < -0.3 is 0 Å². The molecular weight excluding hydrogens is 415 g/mol. The Morgan fingerprint density at radius 1 is 1.20 bits per heavy atom. The van der Waals surface area contributed by atoms with Crippen molar-refractivity contribution in [1.29, 1.82) is 0 Å². The lowest BCUT2D eigenvalue weighted by Crippen LogP contribution is -2.33. The van der Waals surface area contributed by atoms with Gasteiger partial charge in [0.25, 0.3) is 5.56 Å². The molecular formula is C12H7Br2ClN2O3. The second kappa shape index (κ2) is 6.07. The summed E-state index contributed by atoms with van der Waals surface area (Å²) < 4.78 is 0.472. The fraction of sp³-hybridized carbons (Fsp3) is 0.0833. The number of aromatic amines is 1. The number of Topliss-reactive ketones (excluding diaryl/α,β-unsaturated/α-hetero) is 1. The van der Waals surface area contributed by atoms with E-state index in [4.69, 9.17) is 11.6 Å². The minimum absolute atomic E-state index is 0.127. The van der Waals surface area contributed by atoms with Crippen LogP contribution in [0, 0.1) is 0 Å². The summed E-state index contributed by atoms with van der Waals surface area (Å²) in [7, 11) is 0. The highest BCUT2D eigenvalue weighted by atomic mass is 79.9. The predicted molar refractivity (Wildman–Crippen MR) is 83.6 cm³/mol. The molecule has 104 valence electrons. The van der Waals surface area contributed by atoms with Crippen LogP contribution in [0.15, 0.2) is 40.1 Å². The first-order valence-corrected chi connectivity index (χ1v) is 7.55. The lowest BCUT2D eigenvalue weighted by atomic mass is 10.2. The van der Waals surface area contributed by atoms with Gasteiger partial charge in [0.1, 0.15) is 9.30 Å². The van der Waals surface area contributed by atoms with Crippen LogP contribution in [0.4, 0.5) is 0 Å². The van der Waals surface area contributed by atoms with E-state index in [1.165, 1.54) is 10.8 Å². The fourth-order valence-electron chi connectivity index (χ4n) is 1.56. The zero-order valence-electron chi connectivity index (χ0n) is 9.77. The molecule has 2 rings (SSSR count). The number of carbonyl (C=O) groups is 1. The van der Waals surface area contributed by atoms with Crippen LogP contribution < -0.4 is 11.2 Å². The Bertz CT molecular complexity index is 766. The zero-order valence-corrected chi connectivity index (χ0v) is 13.7. The maximum Gasteiger partial charge on any atom is 0.332 e. The molecule has 2 aromatic rings. The number of hydrogen-bond acceptors (Lipinski definition) is 3. The van der Waals surface area contributed by atoms with Crippen molar-refractivity contribution >= 4 is 49.2 Å². The standard InChI is InChI=1S/C12H7Br2ClN2O3/c13-10(14)9(18)8-5-17(12(20)16-11(8)19)7-3-1-6(15)2-4-7/h1-5,10H,(H,16,19,20). The van der Waals surface area contributed by atoms with E-state index < -0.39 is 20.8 Å². The molecule has 0 radical (unpaired) electrons. The molecule has 0 saturated carbocycles. The number of aromatic nitrogens is 2. The van der Waals surface area contributed by atoms with Crippen molar-refractivity contribution < 1.29 is 4.79 Å². The van der Waals surface area contributed by atoms with Gasteiger partial charge in [-0.1, -0.05) is 43.5 Å². The summed E-state index contributed by atoms with van der Waals surface area (Å²) >= 11 is 11.8. The molecule has 1 aromatic carbocycles. The minimum Gasteiger partial charge on any atom is -0.292 e. The molecule has 8 heteroatoms. The van der Waals surface area contributed by atoms with Gasteiger partial charge in [-0.2, -0.15) is 0 Å². The molecule has 0 aliphatic carbocycles. The third kappa shape index (κ3) is 3.11. The van der Waals surface area contributed by atoms with Crippen molar-refractivity contribution in [2.75, 3.05) is 0 Å². The van der Waals surface area contributed by atoms with E-state index in [2.05, 4.69) is 36.8 Å². The zero-order chi connectivity index (χ0) is 14.9. The number of rotatable bonds is 3. The second-order valence-electron chi connectivity index (χ2n) is 3.81. The maximum absolute atomic E-state index is 11.9. The normalized spacial score (nSPS) is 10.8. The van der Waals surface area contributed by atoms with Gasteiger partial charge >= 0.3 is 5.69 Å². The number of alkyl halides is 2. The summed E-state index contributed by atoms with van der Waals surface area (Å²) in [6.07, 6.45) is 1.21. The molecule has 0 spiro atoms. The summed E-state index contributed by atoms with van der Waals surface area (Å²) in [5.41, 5.74) is -0.993. The van der Waals surface area contributed by atoms with Gasteiger partial charge in [0.05, 0.1) is 5.69 Å². The number of nitrogens with zero attached hydrogens (tertiary/aromatic N) is 1. The fourth-order valence-corrected chi connectivity index (χ4v) is 2.18. The summed E-state index contributed by atoms with van der Waals surface area (Å²) in [4.78, 5) is 37.5. The van der Waals surface area contributed by atoms with Crippen LogP contribution in [0.25, 0.3) is 5.69 Å². The molecule has 1 heterocycles. The molecule has 0 aliphatic rings. The monoisotopic (exact) mass is 420 g/mol. The number of H-pyrrole nitrogens is 1. The van der Waals surface area contributed by atoms with E-state index in [0.717, 1.165) is 0 Å². The second-order valence-corrected chi connectivity index (χ2v) is 7.31. The van der Waals surface area contributed by atoms with Crippen molar-refractivity contribution in [3.8, 4) is 5.69 Å². The highest BCUT2D eigenvalue weighted by Crippen LogP contribution is 2.15. The number of halogens is 3. The van der Waals surface area contributed by atoms with Crippen LogP contribution in [0.1, 0.15) is 10.4 Å². The topological polar surface area (TPSA) is 71.9 Å². The lowest BCUT2D eigenvalue weighted by molar-refractivity contribution is 0.101. The average molecular weight is 422 g/mol. The van der Waals surface area contributed by atoms with Gasteiger partial charge in [0, 0.05) is 11.2 Å². The van der Waals surface area contributed by atoms with Crippen LogP contribution in [0.3, 0.4) is 0 Å². The summed E-state index contributed by atoms with van der Waals surface area (Å²) in [6.45, 7) is 0. The number of ketones is 1. The molecule has 5 nitrogen and oxygen atoms in total. The number of hydrogen-bond donors (Lipinski definition) is 1. The van der Waals surface area contributed by atoms with Gasteiger partial charge in [-0.15, -0.1) is 0 Å². The molecule has 0 atom stereocenters. The Hall–Kier alpha value is -1.18. The molecule has 0 bridgehead atoms. The molecule has 0 fully saturated rings. The Balaban J connectivity index is 2.63. The van der Waals surface area contributed by atoms with Crippen LogP contribution in [-0.2, 0) is 0 Å². The Labute approximate surface area is 134 Å². The molecule has 1 N–H and O–H groups in total. The molecule has 0 unspecified atom stereocenters. The smallest absolute Gasteiger partial charge is 0.292 e. The molecule has 20 heavy (non-hydrogen) atoms. The van der Waals surface area contributed by atoms with Crippen molar-refractivity contribution in [3.05, 3.63) is 61.9 Å². The van der Waals surface area contributed by atoms with Crippen molar-refractivity contribution in [3.63, 3.8) is 0 Å². The van der Waals surface area contributed by atoms with E-state index in [-0.39, 0.29) is 5.56 Å². The molecule has 1 aromatic heterocycles. The van der Waals surface area contributed by atoms with Gasteiger partial charge in [-0.3, -0.25) is 19.1 Å². The van der Waals surface area contributed by atoms with Crippen molar-refractivity contribution in [2.45, 2.75) is 3.74 Å². The van der Waals surface area contributed by atoms with Crippen molar-refractivity contribution in [2.24, 2.45) is 0 Å². The Morgan fingerprint density at radius 2 is 1.80 bits per heavy atom. The number of benzene rings is 1. The lowest BCUT2D eigenvalue weighted by Gasteiger charge is -2.07. The van der Waals surface area contributed by atoms with Crippen LogP contribution >= 0.6 is 43.5 Å². The van der Waals surface area contributed by atoms with E-state index in [1.807, 2.05) is 0 Å². The molecule has 0 saturated heterocycles. The maximum atomic E-state index is 11.9. The number of carbonyl (C=O) groups excluding carboxylic acids is 1. The SMILES string of the molecule is O=C(c1cn(-c2ccc(Cl)cc2)c(=O)[nH]c1=O)C(Br)Br. The first-order chi connectivity index (χ1) is 9.40. The Morgan fingerprint density at radius 3 is 2.35 bits per heavy atom. The van der Waals surface area contributed by atoms with Crippen molar-refractivity contribution in [1.82, 2.24) is 9.55 Å². The first kappa shape index (κ1) is 15.2. The quantitative estimate of drug-likeness (QED) is 0.610. The highest BCUT2D eigenvalue weighted by molar-refractivity contribution is 9.25. The van der Waals surface area contributed by atoms with E-state index in [9.17, 15) is 14.4 Å². The molecule has 0 amide bonds. The summed E-state index contributed by atoms with van der Waals surface area (Å²) in [5.74, 6) is -0.478. The average Bonchev–Trinajstić information content (AvgIpc) is 2.39. The van der Waals surface area contributed by atoms with Crippen LogP contribution in [0.5, 0.6) is 0 Å². The largest absolute Gasteiger partial charge is 0.332 e. The number of nitrogens with one attached hydrogen (secondary N) is 1. The third-order valence-corrected chi connectivity index (χ3v) is 3.59. The first-order valence-electron chi connectivity index (χ1n) is 5.34. The Kier molecular flexibility index (Phi) is 4.62. The highest BCUT2D eigenvalue weighted by Gasteiger charge is 2.19. The summed E-state index contributed by atoms with van der Waals surface area (Å²) in [6, 6.07) is 6.42.